The van der Waals surface area contributed by atoms with Crippen LogP contribution in [0.25, 0.3) is 0 Å². The van der Waals surface area contributed by atoms with Crippen LogP contribution in [0.3, 0.4) is 0 Å². The van der Waals surface area contributed by atoms with Crippen molar-refractivity contribution in [2.24, 2.45) is 0 Å². The molecule has 0 saturated carbocycles. The molecule has 7 aromatic rings. The molecule has 0 fully saturated rings. The Morgan fingerprint density at radius 3 is 0.885 bits per heavy atom. The number of hydrogen-bond acceptors (Lipinski definition) is 2. The van der Waals surface area contributed by atoms with Gasteiger partial charge in [-0.1, -0.05) is 181 Å². The molecule has 0 N–H and O–H groups in total. The van der Waals surface area contributed by atoms with Gasteiger partial charge in [-0.2, -0.15) is 0 Å². The van der Waals surface area contributed by atoms with E-state index in [0.717, 1.165) is 44.5 Å². The average molecular weight is 663 g/mol. The number of carbonyl (C=O) groups excluding carboxylic acids is 2. The second-order valence-electron chi connectivity index (χ2n) is 13.1. The Balaban J connectivity index is 1.33. The molecule has 0 bridgehead atoms. The van der Waals surface area contributed by atoms with Crippen LogP contribution in [-0.2, 0) is 10.8 Å². The number of ketones is 2. The van der Waals surface area contributed by atoms with Crippen molar-refractivity contribution in [2.75, 3.05) is 0 Å². The zero-order valence-corrected chi connectivity index (χ0v) is 28.1. The number of hydrogen-bond donors (Lipinski definition) is 0. The SMILES string of the molecule is O=C1c2ccccc2C(C#Cc2ccccc2)(c2ccc(C3(C#Cc4ccccc4)c4ccccc4C(=O)c4ccccc43)cc2)c2ccccc21. The first-order valence-corrected chi connectivity index (χ1v) is 17.4. The van der Waals surface area contributed by atoms with Gasteiger partial charge in [0.05, 0.1) is 0 Å². The maximum atomic E-state index is 14.0. The largest absolute Gasteiger partial charge is 0.289 e. The normalized spacial score (nSPS) is 14.2. The summed E-state index contributed by atoms with van der Waals surface area (Å²) in [7, 11) is 0. The fraction of sp³-hybridized carbons (Fsp3) is 0.0400. The van der Waals surface area contributed by atoms with E-state index in [1.165, 1.54) is 0 Å². The first-order chi connectivity index (χ1) is 25.6. The zero-order valence-electron chi connectivity index (χ0n) is 28.1. The third-order valence-electron chi connectivity index (χ3n) is 10.4. The molecule has 0 heterocycles. The summed E-state index contributed by atoms with van der Waals surface area (Å²) in [6, 6.07) is 59.8. The molecule has 0 radical (unpaired) electrons. The van der Waals surface area contributed by atoms with Crippen LogP contribution in [0.5, 0.6) is 0 Å². The van der Waals surface area contributed by atoms with E-state index < -0.39 is 10.8 Å². The molecule has 0 aromatic heterocycles. The topological polar surface area (TPSA) is 34.1 Å². The highest BCUT2D eigenvalue weighted by atomic mass is 16.1. The van der Waals surface area contributed by atoms with Crippen molar-refractivity contribution in [3.63, 3.8) is 0 Å². The lowest BCUT2D eigenvalue weighted by atomic mass is 9.61. The summed E-state index contributed by atoms with van der Waals surface area (Å²) in [5.74, 6) is 14.4. The molecular weight excluding hydrogens is 633 g/mol. The van der Waals surface area contributed by atoms with Crippen LogP contribution in [0.15, 0.2) is 182 Å². The van der Waals surface area contributed by atoms with E-state index in [2.05, 4.69) is 47.9 Å². The Hall–Kier alpha value is -7.00. The Morgan fingerprint density at radius 1 is 0.308 bits per heavy atom. The molecular formula is C50H30O2. The molecule has 242 valence electrons. The van der Waals surface area contributed by atoms with E-state index in [-0.39, 0.29) is 11.6 Å². The smallest absolute Gasteiger partial charge is 0.193 e. The first-order valence-electron chi connectivity index (χ1n) is 17.4. The monoisotopic (exact) mass is 662 g/mol. The second-order valence-corrected chi connectivity index (χ2v) is 13.1. The molecule has 0 aliphatic heterocycles. The molecule has 0 unspecified atom stereocenters. The predicted molar refractivity (Wildman–Crippen MR) is 205 cm³/mol. The molecule has 2 aliphatic carbocycles. The lowest BCUT2D eigenvalue weighted by Crippen LogP contribution is -2.37. The van der Waals surface area contributed by atoms with Crippen LogP contribution in [0.1, 0.15) is 76.4 Å². The average Bonchev–Trinajstić information content (AvgIpc) is 3.22. The first kappa shape index (κ1) is 31.0. The van der Waals surface area contributed by atoms with E-state index in [0.29, 0.717) is 22.3 Å². The summed E-state index contributed by atoms with van der Waals surface area (Å²) >= 11 is 0. The molecule has 9 rings (SSSR count). The van der Waals surface area contributed by atoms with Gasteiger partial charge >= 0.3 is 0 Å². The van der Waals surface area contributed by atoms with Gasteiger partial charge in [-0.3, -0.25) is 9.59 Å². The predicted octanol–water partition coefficient (Wildman–Crippen LogP) is 9.55. The van der Waals surface area contributed by atoms with Crippen molar-refractivity contribution in [3.05, 3.63) is 249 Å². The molecule has 0 atom stereocenters. The van der Waals surface area contributed by atoms with Crippen LogP contribution in [-0.4, -0.2) is 11.6 Å². The van der Waals surface area contributed by atoms with E-state index >= 15 is 0 Å². The van der Waals surface area contributed by atoms with Crippen molar-refractivity contribution in [1.29, 1.82) is 0 Å². The summed E-state index contributed by atoms with van der Waals surface area (Å²) in [5, 5.41) is 0. The summed E-state index contributed by atoms with van der Waals surface area (Å²) in [6.07, 6.45) is 0. The Kier molecular flexibility index (Phi) is 7.40. The second kappa shape index (κ2) is 12.4. The fourth-order valence-electron chi connectivity index (χ4n) is 7.99. The van der Waals surface area contributed by atoms with Gasteiger partial charge < -0.3 is 0 Å². The molecule has 2 aliphatic rings. The minimum Gasteiger partial charge on any atom is -0.289 e. The van der Waals surface area contributed by atoms with Gasteiger partial charge in [0.15, 0.2) is 11.6 Å². The summed E-state index contributed by atoms with van der Waals surface area (Å²) in [5.41, 5.74) is 7.75. The maximum Gasteiger partial charge on any atom is 0.193 e. The third-order valence-corrected chi connectivity index (χ3v) is 10.4. The highest BCUT2D eigenvalue weighted by Gasteiger charge is 2.46. The fourth-order valence-corrected chi connectivity index (χ4v) is 7.99. The molecule has 0 saturated heterocycles. The van der Waals surface area contributed by atoms with Crippen molar-refractivity contribution in [3.8, 4) is 23.7 Å². The summed E-state index contributed by atoms with van der Waals surface area (Å²) in [6.45, 7) is 0. The van der Waals surface area contributed by atoms with E-state index in [4.69, 9.17) is 0 Å². The number of carbonyl (C=O) groups is 2. The van der Waals surface area contributed by atoms with Gasteiger partial charge in [-0.15, -0.1) is 0 Å². The lowest BCUT2D eigenvalue weighted by Gasteiger charge is -2.39. The van der Waals surface area contributed by atoms with E-state index in [1.807, 2.05) is 158 Å². The third kappa shape index (κ3) is 4.70. The van der Waals surface area contributed by atoms with Crippen LogP contribution >= 0.6 is 0 Å². The van der Waals surface area contributed by atoms with Gasteiger partial charge in [0, 0.05) is 33.4 Å². The standard InChI is InChI=1S/C50H30O2/c51-47-39-19-7-11-23-43(39)49(44-24-12-8-20-40(44)47,33-31-35-15-3-1-4-16-35)37-27-29-38(30-28-37)50(34-32-36-17-5-2-6-18-36)45-25-13-9-21-41(45)48(52)42-22-10-14-26-46(42)50/h1-30H. The maximum absolute atomic E-state index is 14.0. The molecule has 2 heteroatoms. The highest BCUT2D eigenvalue weighted by molar-refractivity contribution is 6.15. The van der Waals surface area contributed by atoms with E-state index in [9.17, 15) is 9.59 Å². The van der Waals surface area contributed by atoms with Crippen molar-refractivity contribution >= 4 is 11.6 Å². The van der Waals surface area contributed by atoms with Gasteiger partial charge in [-0.25, -0.2) is 0 Å². The quantitative estimate of drug-likeness (QED) is 0.173. The Bertz CT molecular complexity index is 2380. The van der Waals surface area contributed by atoms with Gasteiger partial charge in [0.25, 0.3) is 0 Å². The Labute approximate surface area is 303 Å². The molecule has 7 aromatic carbocycles. The molecule has 52 heavy (non-hydrogen) atoms. The number of rotatable bonds is 2. The Morgan fingerprint density at radius 2 is 0.577 bits per heavy atom. The highest BCUT2D eigenvalue weighted by Crippen LogP contribution is 2.49. The summed E-state index contributed by atoms with van der Waals surface area (Å²) < 4.78 is 0. The van der Waals surface area contributed by atoms with Crippen molar-refractivity contribution in [2.45, 2.75) is 10.8 Å². The summed E-state index contributed by atoms with van der Waals surface area (Å²) in [4.78, 5) is 27.9. The van der Waals surface area contributed by atoms with Crippen LogP contribution in [0.4, 0.5) is 0 Å². The van der Waals surface area contributed by atoms with Crippen LogP contribution < -0.4 is 0 Å². The van der Waals surface area contributed by atoms with Crippen molar-refractivity contribution in [1.82, 2.24) is 0 Å². The molecule has 2 nitrogen and oxygen atoms in total. The zero-order chi connectivity index (χ0) is 35.1. The lowest BCUT2D eigenvalue weighted by molar-refractivity contribution is 0.102. The minimum atomic E-state index is -0.948. The van der Waals surface area contributed by atoms with Crippen molar-refractivity contribution < 1.29 is 9.59 Å². The number of benzene rings is 7. The molecule has 0 amide bonds. The van der Waals surface area contributed by atoms with Crippen LogP contribution in [0, 0.1) is 23.7 Å². The van der Waals surface area contributed by atoms with Gasteiger partial charge in [0.1, 0.15) is 10.8 Å². The van der Waals surface area contributed by atoms with Gasteiger partial charge in [-0.05, 0) is 57.6 Å². The number of fused-ring (bicyclic) bond motifs is 4. The van der Waals surface area contributed by atoms with Crippen LogP contribution in [0.2, 0.25) is 0 Å². The van der Waals surface area contributed by atoms with E-state index in [1.54, 1.807) is 0 Å². The minimum absolute atomic E-state index is 0.00446. The molecule has 0 spiro atoms. The van der Waals surface area contributed by atoms with Gasteiger partial charge in [0.2, 0.25) is 0 Å².